The first-order valence-corrected chi connectivity index (χ1v) is 5.71. The van der Waals surface area contributed by atoms with E-state index in [1.54, 1.807) is 0 Å². The maximum atomic E-state index is 11.6. The van der Waals surface area contributed by atoms with Crippen LogP contribution in [0.2, 0.25) is 0 Å². The lowest BCUT2D eigenvalue weighted by Gasteiger charge is -2.27. The standard InChI is InChI=1S/C12H26N2O2/c1-11(2,3)9(13)6-10(16)14-7-12(4,5)8-15/h9,15H,6-8,13H2,1-5H3,(H,14,16). The van der Waals surface area contributed by atoms with E-state index in [4.69, 9.17) is 10.8 Å². The van der Waals surface area contributed by atoms with Crippen molar-refractivity contribution in [3.63, 3.8) is 0 Å². The fourth-order valence-corrected chi connectivity index (χ4v) is 0.972. The Hall–Kier alpha value is -0.610. The van der Waals surface area contributed by atoms with Crippen molar-refractivity contribution in [1.82, 2.24) is 5.32 Å². The second-order valence-corrected chi connectivity index (χ2v) is 6.28. The van der Waals surface area contributed by atoms with E-state index < -0.39 is 0 Å². The molecule has 0 aromatic heterocycles. The smallest absolute Gasteiger partial charge is 0.221 e. The van der Waals surface area contributed by atoms with Crippen LogP contribution in [0.3, 0.4) is 0 Å². The van der Waals surface area contributed by atoms with Gasteiger partial charge in [0.1, 0.15) is 0 Å². The first-order chi connectivity index (χ1) is 7.08. The van der Waals surface area contributed by atoms with E-state index >= 15 is 0 Å². The van der Waals surface area contributed by atoms with Crippen LogP contribution in [-0.4, -0.2) is 30.2 Å². The molecule has 0 fully saturated rings. The van der Waals surface area contributed by atoms with Gasteiger partial charge in [0.05, 0.1) is 0 Å². The molecular weight excluding hydrogens is 204 g/mol. The minimum absolute atomic E-state index is 0.0519. The zero-order valence-corrected chi connectivity index (χ0v) is 11.1. The summed E-state index contributed by atoms with van der Waals surface area (Å²) in [7, 11) is 0. The van der Waals surface area contributed by atoms with E-state index in [1.807, 2.05) is 34.6 Å². The van der Waals surface area contributed by atoms with Crippen LogP contribution in [0.15, 0.2) is 0 Å². The minimum Gasteiger partial charge on any atom is -0.396 e. The molecule has 1 amide bonds. The lowest BCUT2D eigenvalue weighted by Crippen LogP contribution is -2.42. The van der Waals surface area contributed by atoms with Crippen LogP contribution in [0.5, 0.6) is 0 Å². The van der Waals surface area contributed by atoms with Crippen molar-refractivity contribution < 1.29 is 9.90 Å². The molecule has 16 heavy (non-hydrogen) atoms. The van der Waals surface area contributed by atoms with E-state index in [0.29, 0.717) is 13.0 Å². The van der Waals surface area contributed by atoms with E-state index in [9.17, 15) is 4.79 Å². The number of nitrogens with one attached hydrogen (secondary N) is 1. The molecule has 0 aromatic rings. The molecule has 0 saturated heterocycles. The van der Waals surface area contributed by atoms with Gasteiger partial charge in [0.15, 0.2) is 0 Å². The summed E-state index contributed by atoms with van der Waals surface area (Å²) in [5, 5.41) is 11.8. The summed E-state index contributed by atoms with van der Waals surface area (Å²) in [5.41, 5.74) is 5.57. The summed E-state index contributed by atoms with van der Waals surface area (Å²) in [6.45, 7) is 10.4. The second-order valence-electron chi connectivity index (χ2n) is 6.28. The van der Waals surface area contributed by atoms with E-state index in [2.05, 4.69) is 5.32 Å². The van der Waals surface area contributed by atoms with Crippen LogP contribution in [0.25, 0.3) is 0 Å². The molecule has 0 rings (SSSR count). The van der Waals surface area contributed by atoms with Gasteiger partial charge in [-0.2, -0.15) is 0 Å². The molecule has 0 aliphatic heterocycles. The number of aliphatic hydroxyl groups excluding tert-OH is 1. The molecule has 0 spiro atoms. The number of nitrogens with two attached hydrogens (primary N) is 1. The number of rotatable bonds is 5. The third kappa shape index (κ3) is 6.08. The lowest BCUT2D eigenvalue weighted by atomic mass is 9.85. The van der Waals surface area contributed by atoms with E-state index in [1.165, 1.54) is 0 Å². The number of hydrogen-bond donors (Lipinski definition) is 3. The average Bonchev–Trinajstić information content (AvgIpc) is 2.13. The molecular formula is C12H26N2O2. The maximum absolute atomic E-state index is 11.6. The highest BCUT2D eigenvalue weighted by molar-refractivity contribution is 5.76. The molecule has 4 N–H and O–H groups in total. The molecule has 0 aromatic carbocycles. The highest BCUT2D eigenvalue weighted by Crippen LogP contribution is 2.19. The Morgan fingerprint density at radius 1 is 1.31 bits per heavy atom. The zero-order valence-electron chi connectivity index (χ0n) is 11.1. The van der Waals surface area contributed by atoms with Crippen LogP contribution in [0.1, 0.15) is 41.0 Å². The highest BCUT2D eigenvalue weighted by Gasteiger charge is 2.24. The van der Waals surface area contributed by atoms with Gasteiger partial charge in [0.2, 0.25) is 5.91 Å². The Balaban J connectivity index is 4.02. The normalized spacial score (nSPS) is 14.7. The van der Waals surface area contributed by atoms with E-state index in [-0.39, 0.29) is 29.4 Å². The molecule has 0 bridgehead atoms. The maximum Gasteiger partial charge on any atom is 0.221 e. The first kappa shape index (κ1) is 15.4. The molecule has 0 heterocycles. The number of amides is 1. The summed E-state index contributed by atoms with van der Waals surface area (Å²) < 4.78 is 0. The van der Waals surface area contributed by atoms with Crippen molar-refractivity contribution in [1.29, 1.82) is 0 Å². The number of carbonyl (C=O) groups excluding carboxylic acids is 1. The Labute approximate surface area is 98.6 Å². The molecule has 0 radical (unpaired) electrons. The largest absolute Gasteiger partial charge is 0.396 e. The summed E-state index contributed by atoms with van der Waals surface area (Å²) >= 11 is 0. The Morgan fingerprint density at radius 2 is 1.81 bits per heavy atom. The van der Waals surface area contributed by atoms with Crippen molar-refractivity contribution in [3.8, 4) is 0 Å². The van der Waals surface area contributed by atoms with Gasteiger partial charge < -0.3 is 16.2 Å². The van der Waals surface area contributed by atoms with Crippen molar-refractivity contribution in [3.05, 3.63) is 0 Å². The number of carbonyl (C=O) groups is 1. The quantitative estimate of drug-likeness (QED) is 0.656. The van der Waals surface area contributed by atoms with Gasteiger partial charge >= 0.3 is 0 Å². The second kappa shape index (κ2) is 5.64. The fourth-order valence-electron chi connectivity index (χ4n) is 0.972. The molecule has 0 aliphatic rings. The fraction of sp³-hybridized carbons (Fsp3) is 0.917. The van der Waals surface area contributed by atoms with Crippen LogP contribution in [0.4, 0.5) is 0 Å². The molecule has 1 atom stereocenters. The number of aliphatic hydroxyl groups is 1. The monoisotopic (exact) mass is 230 g/mol. The van der Waals surface area contributed by atoms with Crippen molar-refractivity contribution >= 4 is 5.91 Å². The third-order valence-electron chi connectivity index (χ3n) is 2.71. The van der Waals surface area contributed by atoms with Crippen LogP contribution in [-0.2, 0) is 4.79 Å². The van der Waals surface area contributed by atoms with Crippen LogP contribution >= 0.6 is 0 Å². The Kier molecular flexibility index (Phi) is 5.42. The van der Waals surface area contributed by atoms with E-state index in [0.717, 1.165) is 0 Å². The lowest BCUT2D eigenvalue weighted by molar-refractivity contribution is -0.122. The molecule has 4 heteroatoms. The third-order valence-corrected chi connectivity index (χ3v) is 2.71. The molecule has 0 aliphatic carbocycles. The minimum atomic E-state index is -0.276. The van der Waals surface area contributed by atoms with Gasteiger partial charge in [-0.15, -0.1) is 0 Å². The Morgan fingerprint density at radius 3 is 2.19 bits per heavy atom. The van der Waals surface area contributed by atoms with Crippen molar-refractivity contribution in [2.45, 2.75) is 47.1 Å². The first-order valence-electron chi connectivity index (χ1n) is 5.71. The SMILES string of the molecule is CC(C)(CO)CNC(=O)CC(N)C(C)(C)C. The summed E-state index contributed by atoms with van der Waals surface area (Å²) in [6.07, 6.45) is 0.324. The Bertz CT molecular complexity index is 232. The van der Waals surface area contributed by atoms with Gasteiger partial charge in [0, 0.05) is 31.0 Å². The summed E-state index contributed by atoms with van der Waals surface area (Å²) in [6, 6.07) is -0.148. The predicted octanol–water partition coefficient (Wildman–Crippen LogP) is 0.885. The summed E-state index contributed by atoms with van der Waals surface area (Å²) in [4.78, 5) is 11.6. The average molecular weight is 230 g/mol. The molecule has 1 unspecified atom stereocenters. The number of hydrogen-bond acceptors (Lipinski definition) is 3. The van der Waals surface area contributed by atoms with Crippen LogP contribution < -0.4 is 11.1 Å². The van der Waals surface area contributed by atoms with Gasteiger partial charge in [-0.3, -0.25) is 4.79 Å². The molecule has 4 nitrogen and oxygen atoms in total. The zero-order chi connectivity index (χ0) is 13.0. The van der Waals surface area contributed by atoms with Gasteiger partial charge in [0.25, 0.3) is 0 Å². The van der Waals surface area contributed by atoms with Crippen molar-refractivity contribution in [2.24, 2.45) is 16.6 Å². The van der Waals surface area contributed by atoms with Gasteiger partial charge in [-0.25, -0.2) is 0 Å². The molecule has 0 saturated carbocycles. The van der Waals surface area contributed by atoms with Crippen LogP contribution in [0, 0.1) is 10.8 Å². The van der Waals surface area contributed by atoms with Gasteiger partial charge in [-0.05, 0) is 5.41 Å². The summed E-state index contributed by atoms with van der Waals surface area (Å²) in [5.74, 6) is -0.0519. The predicted molar refractivity (Wildman–Crippen MR) is 65.9 cm³/mol. The molecule has 96 valence electrons. The topological polar surface area (TPSA) is 75.3 Å². The van der Waals surface area contributed by atoms with Crippen molar-refractivity contribution in [2.75, 3.05) is 13.2 Å². The van der Waals surface area contributed by atoms with Gasteiger partial charge in [-0.1, -0.05) is 34.6 Å². The highest BCUT2D eigenvalue weighted by atomic mass is 16.3.